The minimum atomic E-state index is -0.283. The molecule has 2 atom stereocenters. The van der Waals surface area contributed by atoms with Crippen LogP contribution < -0.4 is 16.4 Å². The van der Waals surface area contributed by atoms with Gasteiger partial charge in [0.2, 0.25) is 5.91 Å². The summed E-state index contributed by atoms with van der Waals surface area (Å²) in [6.07, 6.45) is 3.48. The van der Waals surface area contributed by atoms with Gasteiger partial charge < -0.3 is 16.4 Å². The first-order valence-corrected chi connectivity index (χ1v) is 7.46. The van der Waals surface area contributed by atoms with Crippen LogP contribution in [0.2, 0.25) is 5.02 Å². The van der Waals surface area contributed by atoms with Gasteiger partial charge in [-0.2, -0.15) is 0 Å². The third-order valence-electron chi connectivity index (χ3n) is 3.89. The minimum Gasteiger partial charge on any atom is -0.355 e. The fraction of sp³-hybridized carbons (Fsp3) is 0.467. The number of nitrogens with two attached hydrogens (primary N) is 1. The first-order chi connectivity index (χ1) is 10.0. The number of benzene rings is 1. The first kappa shape index (κ1) is 18.7. The van der Waals surface area contributed by atoms with Crippen LogP contribution in [0.1, 0.15) is 36.0 Å². The molecule has 4 N–H and O–H groups in total. The number of hydrogen-bond acceptors (Lipinski definition) is 3. The van der Waals surface area contributed by atoms with Crippen molar-refractivity contribution >= 4 is 41.5 Å². The maximum atomic E-state index is 12.0. The summed E-state index contributed by atoms with van der Waals surface area (Å²) in [5.74, 6) is -0.118. The lowest BCUT2D eigenvalue weighted by Gasteiger charge is -2.15. The van der Waals surface area contributed by atoms with Gasteiger partial charge >= 0.3 is 0 Å². The van der Waals surface area contributed by atoms with Crippen LogP contribution in [-0.4, -0.2) is 24.9 Å². The number of amides is 2. The Morgan fingerprint density at radius 1 is 1.36 bits per heavy atom. The van der Waals surface area contributed by atoms with E-state index in [0.29, 0.717) is 22.7 Å². The molecule has 2 rings (SSSR count). The van der Waals surface area contributed by atoms with Crippen LogP contribution in [0.4, 0.5) is 5.69 Å². The van der Waals surface area contributed by atoms with Crippen LogP contribution in [0, 0.1) is 5.92 Å². The molecule has 2 amide bonds. The monoisotopic (exact) mass is 345 g/mol. The SMILES string of the molecule is CNC(=O)c1cc(NC(=O)C[C@@H]2CCC[C@H]2N)ccc1Cl.Cl. The molecule has 0 unspecified atom stereocenters. The van der Waals surface area contributed by atoms with Gasteiger partial charge in [-0.05, 0) is 37.0 Å². The average Bonchev–Trinajstić information content (AvgIpc) is 2.85. The fourth-order valence-corrected chi connectivity index (χ4v) is 2.88. The van der Waals surface area contributed by atoms with E-state index < -0.39 is 0 Å². The molecule has 7 heteroatoms. The molecule has 0 heterocycles. The molecule has 1 saturated carbocycles. The number of rotatable bonds is 4. The van der Waals surface area contributed by atoms with Gasteiger partial charge in [0.25, 0.3) is 5.91 Å². The van der Waals surface area contributed by atoms with Gasteiger partial charge in [0.15, 0.2) is 0 Å². The van der Waals surface area contributed by atoms with Crippen molar-refractivity contribution in [1.29, 1.82) is 0 Å². The van der Waals surface area contributed by atoms with Crippen molar-refractivity contribution in [2.75, 3.05) is 12.4 Å². The maximum absolute atomic E-state index is 12.0. The summed E-state index contributed by atoms with van der Waals surface area (Å²) in [5.41, 5.74) is 6.88. The second-order valence-corrected chi connectivity index (χ2v) is 5.79. The molecule has 1 aliphatic carbocycles. The molecule has 0 spiro atoms. The van der Waals surface area contributed by atoms with Crippen molar-refractivity contribution in [3.8, 4) is 0 Å². The highest BCUT2D eigenvalue weighted by Gasteiger charge is 2.26. The number of hydrogen-bond donors (Lipinski definition) is 3. The highest BCUT2D eigenvalue weighted by atomic mass is 35.5. The van der Waals surface area contributed by atoms with E-state index in [1.165, 1.54) is 7.05 Å². The van der Waals surface area contributed by atoms with Crippen LogP contribution in [0.3, 0.4) is 0 Å². The summed E-state index contributed by atoms with van der Waals surface area (Å²) in [4.78, 5) is 23.7. The molecular formula is C15H21Cl2N3O2. The molecule has 22 heavy (non-hydrogen) atoms. The summed E-state index contributed by atoms with van der Waals surface area (Å²) in [6.45, 7) is 0. The molecule has 5 nitrogen and oxygen atoms in total. The Labute approximate surface area is 141 Å². The van der Waals surface area contributed by atoms with E-state index in [2.05, 4.69) is 10.6 Å². The average molecular weight is 346 g/mol. The third-order valence-corrected chi connectivity index (χ3v) is 4.22. The van der Waals surface area contributed by atoms with Crippen molar-refractivity contribution in [3.63, 3.8) is 0 Å². The van der Waals surface area contributed by atoms with E-state index in [1.54, 1.807) is 18.2 Å². The van der Waals surface area contributed by atoms with Crippen molar-refractivity contribution in [2.24, 2.45) is 11.7 Å². The standard InChI is InChI=1S/C15H20ClN3O2.ClH/c1-18-15(21)11-8-10(5-6-12(11)16)19-14(20)7-9-3-2-4-13(9)17;/h5-6,8-9,13H,2-4,7,17H2,1H3,(H,18,21)(H,19,20);1H/t9-,13+;/m0./s1. The zero-order chi connectivity index (χ0) is 15.4. The third kappa shape index (κ3) is 4.60. The van der Waals surface area contributed by atoms with E-state index in [4.69, 9.17) is 17.3 Å². The number of halogens is 2. The minimum absolute atomic E-state index is 0. The van der Waals surface area contributed by atoms with E-state index in [1.807, 2.05) is 0 Å². The van der Waals surface area contributed by atoms with Crippen LogP contribution in [0.15, 0.2) is 18.2 Å². The zero-order valence-electron chi connectivity index (χ0n) is 12.4. The Morgan fingerprint density at radius 3 is 2.68 bits per heavy atom. The molecule has 0 saturated heterocycles. The van der Waals surface area contributed by atoms with Gasteiger partial charge in [0.05, 0.1) is 10.6 Å². The molecule has 1 aromatic carbocycles. The van der Waals surface area contributed by atoms with Crippen LogP contribution in [-0.2, 0) is 4.79 Å². The molecule has 1 aliphatic rings. The van der Waals surface area contributed by atoms with Crippen LogP contribution in [0.25, 0.3) is 0 Å². The summed E-state index contributed by atoms with van der Waals surface area (Å²) >= 11 is 5.97. The lowest BCUT2D eigenvalue weighted by molar-refractivity contribution is -0.117. The predicted octanol–water partition coefficient (Wildman–Crippen LogP) is 2.58. The Hall–Kier alpha value is -1.30. The molecule has 0 aromatic heterocycles. The Kier molecular flexibility index (Phi) is 7.13. The largest absolute Gasteiger partial charge is 0.355 e. The Morgan fingerprint density at radius 2 is 2.09 bits per heavy atom. The first-order valence-electron chi connectivity index (χ1n) is 7.08. The van der Waals surface area contributed by atoms with E-state index in [9.17, 15) is 9.59 Å². The second-order valence-electron chi connectivity index (χ2n) is 5.38. The number of carbonyl (C=O) groups excluding carboxylic acids is 2. The molecule has 0 aliphatic heterocycles. The van der Waals surface area contributed by atoms with Gasteiger partial charge in [0, 0.05) is 25.2 Å². The second kappa shape index (κ2) is 8.36. The number of anilines is 1. The van der Waals surface area contributed by atoms with Crippen molar-refractivity contribution in [2.45, 2.75) is 31.7 Å². The van der Waals surface area contributed by atoms with E-state index >= 15 is 0 Å². The normalized spacial score (nSPS) is 20.1. The molecule has 122 valence electrons. The Balaban J connectivity index is 0.00000242. The number of carbonyl (C=O) groups is 2. The van der Waals surface area contributed by atoms with Gasteiger partial charge in [0.1, 0.15) is 0 Å². The van der Waals surface area contributed by atoms with Crippen molar-refractivity contribution in [1.82, 2.24) is 5.32 Å². The maximum Gasteiger partial charge on any atom is 0.252 e. The molecule has 1 aromatic rings. The van der Waals surface area contributed by atoms with Crippen molar-refractivity contribution in [3.05, 3.63) is 28.8 Å². The molecule has 0 bridgehead atoms. The van der Waals surface area contributed by atoms with Crippen molar-refractivity contribution < 1.29 is 9.59 Å². The highest BCUT2D eigenvalue weighted by Crippen LogP contribution is 2.27. The molecular weight excluding hydrogens is 325 g/mol. The lowest BCUT2D eigenvalue weighted by atomic mass is 10.00. The van der Waals surface area contributed by atoms with Crippen LogP contribution in [0.5, 0.6) is 0 Å². The zero-order valence-corrected chi connectivity index (χ0v) is 14.0. The van der Waals surface area contributed by atoms with Gasteiger partial charge in [-0.1, -0.05) is 18.0 Å². The lowest BCUT2D eigenvalue weighted by Crippen LogP contribution is -2.28. The highest BCUT2D eigenvalue weighted by molar-refractivity contribution is 6.34. The summed E-state index contributed by atoms with van der Waals surface area (Å²) < 4.78 is 0. The van der Waals surface area contributed by atoms with Gasteiger partial charge in [-0.3, -0.25) is 9.59 Å². The smallest absolute Gasteiger partial charge is 0.252 e. The predicted molar refractivity (Wildman–Crippen MR) is 90.7 cm³/mol. The fourth-order valence-electron chi connectivity index (χ4n) is 2.68. The molecule has 0 radical (unpaired) electrons. The Bertz CT molecular complexity index is 552. The summed E-state index contributed by atoms with van der Waals surface area (Å²) in [7, 11) is 1.53. The quantitative estimate of drug-likeness (QED) is 0.783. The summed E-state index contributed by atoms with van der Waals surface area (Å²) in [5, 5.41) is 5.67. The van der Waals surface area contributed by atoms with Gasteiger partial charge in [-0.25, -0.2) is 0 Å². The van der Waals surface area contributed by atoms with E-state index in [-0.39, 0.29) is 36.2 Å². The van der Waals surface area contributed by atoms with Gasteiger partial charge in [-0.15, -0.1) is 12.4 Å². The number of nitrogens with one attached hydrogen (secondary N) is 2. The van der Waals surface area contributed by atoms with Crippen LogP contribution >= 0.6 is 24.0 Å². The summed E-state index contributed by atoms with van der Waals surface area (Å²) in [6, 6.07) is 4.97. The molecule has 1 fully saturated rings. The van der Waals surface area contributed by atoms with E-state index in [0.717, 1.165) is 19.3 Å². The topological polar surface area (TPSA) is 84.2 Å².